The third-order valence-electron chi connectivity index (χ3n) is 3.25. The van der Waals surface area contributed by atoms with E-state index in [0.29, 0.717) is 18.1 Å². The summed E-state index contributed by atoms with van der Waals surface area (Å²) >= 11 is 0. The van der Waals surface area contributed by atoms with Crippen LogP contribution in [0.5, 0.6) is 17.2 Å². The van der Waals surface area contributed by atoms with Crippen LogP contribution in [0.25, 0.3) is 0 Å². The Balaban J connectivity index is 2.13. The lowest BCUT2D eigenvalue weighted by Gasteiger charge is -2.14. The molecule has 2 rings (SSSR count). The molecular weight excluding hydrogens is 266 g/mol. The summed E-state index contributed by atoms with van der Waals surface area (Å²) in [7, 11) is 3.24. The average Bonchev–Trinajstić information content (AvgIpc) is 2.52. The zero-order chi connectivity index (χ0) is 15.2. The minimum absolute atomic E-state index is 0.0633. The van der Waals surface area contributed by atoms with Gasteiger partial charge in [-0.2, -0.15) is 0 Å². The normalized spacial score (nSPS) is 11.8. The van der Waals surface area contributed by atoms with E-state index in [1.807, 2.05) is 49.4 Å². The number of hydrogen-bond acceptors (Lipinski definition) is 4. The third kappa shape index (κ3) is 3.67. The van der Waals surface area contributed by atoms with E-state index in [1.165, 1.54) is 0 Å². The predicted molar refractivity (Wildman–Crippen MR) is 82.9 cm³/mol. The summed E-state index contributed by atoms with van der Waals surface area (Å²) in [5, 5.41) is 0. The molecule has 0 fully saturated rings. The summed E-state index contributed by atoms with van der Waals surface area (Å²) in [5.41, 5.74) is 7.96. The van der Waals surface area contributed by atoms with Crippen LogP contribution in [0, 0.1) is 0 Å². The Morgan fingerprint density at radius 3 is 2.33 bits per heavy atom. The largest absolute Gasteiger partial charge is 0.493 e. The van der Waals surface area contributed by atoms with E-state index in [2.05, 4.69) is 0 Å². The number of methoxy groups -OCH3 is 2. The van der Waals surface area contributed by atoms with Crippen molar-refractivity contribution in [3.63, 3.8) is 0 Å². The van der Waals surface area contributed by atoms with Crippen LogP contribution >= 0.6 is 0 Å². The molecular formula is C17H21NO3. The van der Waals surface area contributed by atoms with Gasteiger partial charge >= 0.3 is 0 Å². The van der Waals surface area contributed by atoms with E-state index >= 15 is 0 Å². The van der Waals surface area contributed by atoms with E-state index in [9.17, 15) is 0 Å². The molecule has 0 radical (unpaired) electrons. The van der Waals surface area contributed by atoms with Crippen LogP contribution in [0.3, 0.4) is 0 Å². The first-order chi connectivity index (χ1) is 10.2. The number of hydrogen-bond donors (Lipinski definition) is 1. The SMILES string of the molecule is COc1ccc(COc2ccccc2[C@@H](C)N)cc1OC. The Labute approximate surface area is 125 Å². The molecule has 2 aromatic rings. The molecule has 0 unspecified atom stereocenters. The van der Waals surface area contributed by atoms with Crippen molar-refractivity contribution < 1.29 is 14.2 Å². The number of benzene rings is 2. The summed E-state index contributed by atoms with van der Waals surface area (Å²) in [6, 6.07) is 13.5. The average molecular weight is 287 g/mol. The van der Waals surface area contributed by atoms with E-state index < -0.39 is 0 Å². The summed E-state index contributed by atoms with van der Waals surface area (Å²) in [6.45, 7) is 2.39. The van der Waals surface area contributed by atoms with Gasteiger partial charge in [0.05, 0.1) is 14.2 Å². The van der Waals surface area contributed by atoms with Gasteiger partial charge in [0.1, 0.15) is 12.4 Å². The molecule has 1 atom stereocenters. The van der Waals surface area contributed by atoms with E-state index in [4.69, 9.17) is 19.9 Å². The Hall–Kier alpha value is -2.20. The number of nitrogens with two attached hydrogens (primary N) is 1. The van der Waals surface area contributed by atoms with Gasteiger partial charge in [-0.3, -0.25) is 0 Å². The first-order valence-corrected chi connectivity index (χ1v) is 6.84. The van der Waals surface area contributed by atoms with Gasteiger partial charge in [0.15, 0.2) is 11.5 Å². The van der Waals surface area contributed by atoms with Crippen molar-refractivity contribution in [1.29, 1.82) is 0 Å². The molecule has 0 aliphatic rings. The molecule has 2 aromatic carbocycles. The summed E-state index contributed by atoms with van der Waals surface area (Å²) in [4.78, 5) is 0. The number of rotatable bonds is 6. The Kier molecular flexibility index (Phi) is 5.06. The molecule has 0 saturated heterocycles. The monoisotopic (exact) mass is 287 g/mol. The van der Waals surface area contributed by atoms with Crippen LogP contribution in [0.2, 0.25) is 0 Å². The number of ether oxygens (including phenoxy) is 3. The van der Waals surface area contributed by atoms with Crippen molar-refractivity contribution in [3.8, 4) is 17.2 Å². The van der Waals surface area contributed by atoms with Gasteiger partial charge in [-0.05, 0) is 30.7 Å². The molecule has 112 valence electrons. The second-order valence-corrected chi connectivity index (χ2v) is 4.80. The van der Waals surface area contributed by atoms with Crippen LogP contribution in [-0.2, 0) is 6.61 Å². The van der Waals surface area contributed by atoms with Crippen molar-refractivity contribution >= 4 is 0 Å². The molecule has 0 aromatic heterocycles. The lowest BCUT2D eigenvalue weighted by molar-refractivity contribution is 0.299. The zero-order valence-corrected chi connectivity index (χ0v) is 12.6. The van der Waals surface area contributed by atoms with Crippen LogP contribution in [0.1, 0.15) is 24.1 Å². The van der Waals surface area contributed by atoms with Crippen molar-refractivity contribution in [2.75, 3.05) is 14.2 Å². The quantitative estimate of drug-likeness (QED) is 0.885. The number of para-hydroxylation sites is 1. The first kappa shape index (κ1) is 15.2. The predicted octanol–water partition coefficient (Wildman–Crippen LogP) is 3.30. The zero-order valence-electron chi connectivity index (χ0n) is 12.6. The fourth-order valence-corrected chi connectivity index (χ4v) is 2.12. The summed E-state index contributed by atoms with van der Waals surface area (Å²) in [6.07, 6.45) is 0. The molecule has 0 bridgehead atoms. The molecule has 0 heterocycles. The van der Waals surface area contributed by atoms with Crippen LogP contribution < -0.4 is 19.9 Å². The van der Waals surface area contributed by atoms with Crippen molar-refractivity contribution in [1.82, 2.24) is 0 Å². The first-order valence-electron chi connectivity index (χ1n) is 6.84. The molecule has 0 aliphatic heterocycles. The third-order valence-corrected chi connectivity index (χ3v) is 3.25. The highest BCUT2D eigenvalue weighted by Gasteiger charge is 2.09. The van der Waals surface area contributed by atoms with Gasteiger partial charge in [0, 0.05) is 11.6 Å². The van der Waals surface area contributed by atoms with Crippen molar-refractivity contribution in [3.05, 3.63) is 53.6 Å². The minimum Gasteiger partial charge on any atom is -0.493 e. The van der Waals surface area contributed by atoms with Crippen molar-refractivity contribution in [2.45, 2.75) is 19.6 Å². The second-order valence-electron chi connectivity index (χ2n) is 4.80. The van der Waals surface area contributed by atoms with Gasteiger partial charge in [0.2, 0.25) is 0 Å². The molecule has 0 aliphatic carbocycles. The highest BCUT2D eigenvalue weighted by Crippen LogP contribution is 2.29. The maximum absolute atomic E-state index is 5.95. The van der Waals surface area contributed by atoms with E-state index in [1.54, 1.807) is 14.2 Å². The fourth-order valence-electron chi connectivity index (χ4n) is 2.12. The maximum atomic E-state index is 5.95. The highest BCUT2D eigenvalue weighted by atomic mass is 16.5. The topological polar surface area (TPSA) is 53.7 Å². The molecule has 4 heteroatoms. The van der Waals surface area contributed by atoms with Gasteiger partial charge in [-0.25, -0.2) is 0 Å². The summed E-state index contributed by atoms with van der Waals surface area (Å²) < 4.78 is 16.4. The molecule has 21 heavy (non-hydrogen) atoms. The van der Waals surface area contributed by atoms with Gasteiger partial charge in [-0.15, -0.1) is 0 Å². The van der Waals surface area contributed by atoms with E-state index in [0.717, 1.165) is 16.9 Å². The molecule has 0 spiro atoms. The standard InChI is InChI=1S/C17H21NO3/c1-12(18)14-6-4-5-7-15(14)21-11-13-8-9-16(19-2)17(10-13)20-3/h4-10,12H,11,18H2,1-3H3/t12-/m1/s1. The Morgan fingerprint density at radius 2 is 1.67 bits per heavy atom. The maximum Gasteiger partial charge on any atom is 0.161 e. The molecule has 0 amide bonds. The summed E-state index contributed by atoms with van der Waals surface area (Å²) in [5.74, 6) is 2.21. The highest BCUT2D eigenvalue weighted by molar-refractivity contribution is 5.43. The van der Waals surface area contributed by atoms with Gasteiger partial charge < -0.3 is 19.9 Å². The van der Waals surface area contributed by atoms with Crippen LogP contribution in [-0.4, -0.2) is 14.2 Å². The Morgan fingerprint density at radius 1 is 0.952 bits per heavy atom. The lowest BCUT2D eigenvalue weighted by atomic mass is 10.1. The smallest absolute Gasteiger partial charge is 0.161 e. The molecule has 0 saturated carbocycles. The van der Waals surface area contributed by atoms with E-state index in [-0.39, 0.29) is 6.04 Å². The minimum atomic E-state index is -0.0633. The van der Waals surface area contributed by atoms with Gasteiger partial charge in [-0.1, -0.05) is 24.3 Å². The Bertz CT molecular complexity index is 596. The molecule has 2 N–H and O–H groups in total. The second kappa shape index (κ2) is 6.99. The molecule has 4 nitrogen and oxygen atoms in total. The lowest BCUT2D eigenvalue weighted by Crippen LogP contribution is -2.08. The van der Waals surface area contributed by atoms with Gasteiger partial charge in [0.25, 0.3) is 0 Å². The fraction of sp³-hybridized carbons (Fsp3) is 0.294. The van der Waals surface area contributed by atoms with Crippen LogP contribution in [0.15, 0.2) is 42.5 Å². The van der Waals surface area contributed by atoms with Crippen LogP contribution in [0.4, 0.5) is 0 Å². The van der Waals surface area contributed by atoms with Crippen molar-refractivity contribution in [2.24, 2.45) is 5.73 Å².